The average Bonchev–Trinajstić information content (AvgIpc) is 3.10. The number of nitrogens with zero attached hydrogens (tertiary/aromatic N) is 5. The fraction of sp³-hybridized carbons (Fsp3) is 0.158. The van der Waals surface area contributed by atoms with Crippen LogP contribution in [0.3, 0.4) is 0 Å². The van der Waals surface area contributed by atoms with Gasteiger partial charge in [-0.1, -0.05) is 23.9 Å². The highest BCUT2D eigenvalue weighted by molar-refractivity contribution is 7.98. The van der Waals surface area contributed by atoms with Gasteiger partial charge < -0.3 is 10.6 Å². The first kappa shape index (κ1) is 18.1. The number of rotatable bonds is 5. The summed E-state index contributed by atoms with van der Waals surface area (Å²) in [5.41, 5.74) is 1.43. The highest BCUT2D eigenvalue weighted by atomic mass is 32.2. The molecule has 0 unspecified atom stereocenters. The van der Waals surface area contributed by atoms with Crippen molar-refractivity contribution >= 4 is 22.7 Å². The van der Waals surface area contributed by atoms with Gasteiger partial charge in [0, 0.05) is 12.6 Å². The molecule has 0 bridgehead atoms. The number of para-hydroxylation sites is 1. The predicted molar refractivity (Wildman–Crippen MR) is 109 cm³/mol. The number of nitrogens with two attached hydrogens (primary N) is 1. The van der Waals surface area contributed by atoms with Gasteiger partial charge in [-0.25, -0.2) is 9.66 Å². The molecule has 0 radical (unpaired) electrons. The second kappa shape index (κ2) is 7.35. The second-order valence-corrected chi connectivity index (χ2v) is 7.05. The first-order valence-corrected chi connectivity index (χ1v) is 9.49. The van der Waals surface area contributed by atoms with Gasteiger partial charge in [0.2, 0.25) is 5.16 Å². The number of hydrogen-bond acceptors (Lipinski definition) is 7. The van der Waals surface area contributed by atoms with Crippen molar-refractivity contribution in [2.45, 2.75) is 10.9 Å². The standard InChI is InChI=1S/C19H18N6O2S/c1-24-16(21-15-6-4-3-5-14(15)18(24)26)11-28-19-23-22-17(25(19)20)12-7-9-13(27-2)10-8-12/h3-10H,11,20H2,1-2H3. The van der Waals surface area contributed by atoms with E-state index in [4.69, 9.17) is 10.6 Å². The maximum atomic E-state index is 12.5. The van der Waals surface area contributed by atoms with E-state index in [1.165, 1.54) is 16.4 Å². The summed E-state index contributed by atoms with van der Waals surface area (Å²) in [5, 5.41) is 9.48. The van der Waals surface area contributed by atoms with Crippen LogP contribution in [0.25, 0.3) is 22.3 Å². The van der Waals surface area contributed by atoms with Crippen molar-refractivity contribution in [1.29, 1.82) is 0 Å². The molecule has 2 aromatic carbocycles. The quantitative estimate of drug-likeness (QED) is 0.409. The molecular formula is C19H18N6O2S. The lowest BCUT2D eigenvalue weighted by Crippen LogP contribution is -2.22. The average molecular weight is 394 g/mol. The van der Waals surface area contributed by atoms with Crippen LogP contribution >= 0.6 is 11.8 Å². The van der Waals surface area contributed by atoms with Crippen LogP contribution in [-0.4, -0.2) is 31.5 Å². The van der Waals surface area contributed by atoms with E-state index in [-0.39, 0.29) is 5.56 Å². The maximum absolute atomic E-state index is 12.5. The highest BCUT2D eigenvalue weighted by Crippen LogP contribution is 2.25. The summed E-state index contributed by atoms with van der Waals surface area (Å²) in [6.45, 7) is 0. The van der Waals surface area contributed by atoms with E-state index in [0.29, 0.717) is 33.5 Å². The number of aromatic nitrogens is 5. The Balaban J connectivity index is 1.59. The van der Waals surface area contributed by atoms with Crippen LogP contribution in [0.15, 0.2) is 58.5 Å². The van der Waals surface area contributed by atoms with E-state index >= 15 is 0 Å². The fourth-order valence-corrected chi connectivity index (χ4v) is 3.68. The first-order valence-electron chi connectivity index (χ1n) is 8.51. The van der Waals surface area contributed by atoms with Crippen molar-refractivity contribution in [3.8, 4) is 17.1 Å². The van der Waals surface area contributed by atoms with Gasteiger partial charge in [0.25, 0.3) is 5.56 Å². The molecule has 0 aliphatic heterocycles. The zero-order valence-electron chi connectivity index (χ0n) is 15.4. The van der Waals surface area contributed by atoms with Gasteiger partial charge in [0.15, 0.2) is 5.82 Å². The summed E-state index contributed by atoms with van der Waals surface area (Å²) in [6, 6.07) is 14.7. The Labute approximate surface area is 165 Å². The minimum atomic E-state index is -0.0747. The number of fused-ring (bicyclic) bond motifs is 1. The van der Waals surface area contributed by atoms with E-state index in [1.807, 2.05) is 42.5 Å². The van der Waals surface area contributed by atoms with Crippen molar-refractivity contribution < 1.29 is 4.74 Å². The molecule has 142 valence electrons. The van der Waals surface area contributed by atoms with Crippen LogP contribution < -0.4 is 16.1 Å². The van der Waals surface area contributed by atoms with E-state index < -0.39 is 0 Å². The minimum absolute atomic E-state index is 0.0747. The molecule has 2 heterocycles. The van der Waals surface area contributed by atoms with Crippen molar-refractivity contribution in [2.75, 3.05) is 13.0 Å². The third kappa shape index (κ3) is 3.20. The molecule has 28 heavy (non-hydrogen) atoms. The molecule has 0 aliphatic rings. The zero-order valence-corrected chi connectivity index (χ0v) is 16.2. The summed E-state index contributed by atoms with van der Waals surface area (Å²) in [4.78, 5) is 17.1. The van der Waals surface area contributed by atoms with Crippen LogP contribution in [0.2, 0.25) is 0 Å². The minimum Gasteiger partial charge on any atom is -0.497 e. The lowest BCUT2D eigenvalue weighted by Gasteiger charge is -2.09. The number of ether oxygens (including phenoxy) is 1. The third-order valence-electron chi connectivity index (χ3n) is 4.42. The van der Waals surface area contributed by atoms with Crippen molar-refractivity contribution in [3.05, 3.63) is 64.7 Å². The van der Waals surface area contributed by atoms with Gasteiger partial charge in [-0.15, -0.1) is 10.2 Å². The second-order valence-electron chi connectivity index (χ2n) is 6.10. The number of nitrogen functional groups attached to an aromatic ring is 1. The molecule has 0 aliphatic carbocycles. The van der Waals surface area contributed by atoms with Crippen LogP contribution in [0.1, 0.15) is 5.82 Å². The number of methoxy groups -OCH3 is 1. The third-order valence-corrected chi connectivity index (χ3v) is 5.36. The number of thioether (sulfide) groups is 1. The fourth-order valence-electron chi connectivity index (χ4n) is 2.83. The van der Waals surface area contributed by atoms with E-state index in [0.717, 1.165) is 11.3 Å². The summed E-state index contributed by atoms with van der Waals surface area (Å²) < 4.78 is 8.16. The van der Waals surface area contributed by atoms with Crippen LogP contribution in [0.4, 0.5) is 0 Å². The molecule has 0 saturated heterocycles. The maximum Gasteiger partial charge on any atom is 0.261 e. The molecule has 4 aromatic rings. The summed E-state index contributed by atoms with van der Waals surface area (Å²) in [6.07, 6.45) is 0. The van der Waals surface area contributed by atoms with Crippen LogP contribution in [0.5, 0.6) is 5.75 Å². The molecule has 0 saturated carbocycles. The topological polar surface area (TPSA) is 101 Å². The highest BCUT2D eigenvalue weighted by Gasteiger charge is 2.14. The Morgan fingerprint density at radius 1 is 1.11 bits per heavy atom. The Morgan fingerprint density at radius 3 is 2.61 bits per heavy atom. The van der Waals surface area contributed by atoms with E-state index in [2.05, 4.69) is 15.2 Å². The number of benzene rings is 2. The van der Waals surface area contributed by atoms with Crippen molar-refractivity contribution in [2.24, 2.45) is 7.05 Å². The van der Waals surface area contributed by atoms with Crippen LogP contribution in [0, 0.1) is 0 Å². The Bertz CT molecular complexity index is 1200. The molecule has 0 spiro atoms. The molecular weight excluding hydrogens is 376 g/mol. The molecule has 0 atom stereocenters. The van der Waals surface area contributed by atoms with Gasteiger partial charge in [0.05, 0.1) is 23.8 Å². The summed E-state index contributed by atoms with van der Waals surface area (Å²) >= 11 is 1.37. The lowest BCUT2D eigenvalue weighted by atomic mass is 10.2. The Kier molecular flexibility index (Phi) is 4.74. The van der Waals surface area contributed by atoms with Gasteiger partial charge in [0.1, 0.15) is 11.6 Å². The van der Waals surface area contributed by atoms with Gasteiger partial charge in [-0.2, -0.15) is 0 Å². The first-order chi connectivity index (χ1) is 13.6. The lowest BCUT2D eigenvalue weighted by molar-refractivity contribution is 0.415. The molecule has 8 nitrogen and oxygen atoms in total. The monoisotopic (exact) mass is 394 g/mol. The number of hydrogen-bond donors (Lipinski definition) is 1. The van der Waals surface area contributed by atoms with Gasteiger partial charge in [-0.3, -0.25) is 9.36 Å². The molecule has 4 rings (SSSR count). The Hall–Kier alpha value is -3.33. The molecule has 0 fully saturated rings. The zero-order chi connectivity index (χ0) is 19.7. The molecule has 9 heteroatoms. The summed E-state index contributed by atoms with van der Waals surface area (Å²) in [7, 11) is 3.33. The van der Waals surface area contributed by atoms with E-state index in [1.54, 1.807) is 24.8 Å². The SMILES string of the molecule is COc1ccc(-c2nnc(SCc3nc4ccccc4c(=O)n3C)n2N)cc1. The smallest absolute Gasteiger partial charge is 0.261 e. The van der Waals surface area contributed by atoms with Crippen LogP contribution in [-0.2, 0) is 12.8 Å². The molecule has 2 aromatic heterocycles. The van der Waals surface area contributed by atoms with E-state index in [9.17, 15) is 4.79 Å². The molecule has 2 N–H and O–H groups in total. The molecule has 0 amide bonds. The normalized spacial score (nSPS) is 11.1. The Morgan fingerprint density at radius 2 is 1.86 bits per heavy atom. The predicted octanol–water partition coefficient (Wildman–Crippen LogP) is 2.21. The van der Waals surface area contributed by atoms with Gasteiger partial charge >= 0.3 is 0 Å². The largest absolute Gasteiger partial charge is 0.497 e. The van der Waals surface area contributed by atoms with Gasteiger partial charge in [-0.05, 0) is 36.4 Å². The van der Waals surface area contributed by atoms with Crippen molar-refractivity contribution in [1.82, 2.24) is 24.4 Å². The van der Waals surface area contributed by atoms with Crippen molar-refractivity contribution in [3.63, 3.8) is 0 Å². The summed E-state index contributed by atoms with van der Waals surface area (Å²) in [5.74, 6) is 8.56.